The van der Waals surface area contributed by atoms with Gasteiger partial charge >= 0.3 is 14.0 Å². The van der Waals surface area contributed by atoms with E-state index in [0.29, 0.717) is 6.42 Å². The largest absolute Gasteiger partial charge is 0.529 e. The first-order valence-corrected chi connectivity index (χ1v) is 7.70. The van der Waals surface area contributed by atoms with E-state index in [9.17, 15) is 22.1 Å². The number of rotatable bonds is 9. The van der Waals surface area contributed by atoms with Crippen LogP contribution in [0.5, 0.6) is 0 Å². The molecular formula is C11H19F4O4P. The second kappa shape index (κ2) is 8.64. The molecule has 0 aliphatic heterocycles. The van der Waals surface area contributed by atoms with Crippen LogP contribution < -0.4 is 0 Å². The fourth-order valence-corrected chi connectivity index (χ4v) is 2.49. The maximum Gasteiger partial charge on any atom is 0.529 e. The summed E-state index contributed by atoms with van der Waals surface area (Å²) < 4.78 is 76.4. The molecule has 0 fully saturated rings. The number of allylic oxidation sites excluding steroid dienone is 2. The molecule has 0 aromatic rings. The highest BCUT2D eigenvalue weighted by Gasteiger charge is 2.41. The van der Waals surface area contributed by atoms with E-state index in [4.69, 9.17) is 0 Å². The SMILES string of the molecule is CCCC/C(OP(=O)(OCC)OCC)=C(\F)C(F)(F)F. The minimum Gasteiger partial charge on any atom is -0.405 e. The van der Waals surface area contributed by atoms with Gasteiger partial charge in [-0.3, -0.25) is 9.05 Å². The van der Waals surface area contributed by atoms with Crippen molar-refractivity contribution in [2.24, 2.45) is 0 Å². The Hall–Kier alpha value is -0.590. The van der Waals surface area contributed by atoms with Gasteiger partial charge in [0, 0.05) is 6.42 Å². The van der Waals surface area contributed by atoms with E-state index in [1.54, 1.807) is 6.92 Å². The lowest BCUT2D eigenvalue weighted by Crippen LogP contribution is -2.13. The van der Waals surface area contributed by atoms with Gasteiger partial charge in [-0.05, 0) is 20.3 Å². The topological polar surface area (TPSA) is 44.8 Å². The zero-order valence-corrected chi connectivity index (χ0v) is 12.5. The Bertz CT molecular complexity index is 358. The summed E-state index contributed by atoms with van der Waals surface area (Å²) in [5, 5.41) is 0. The van der Waals surface area contributed by atoms with Crippen LogP contribution in [0.2, 0.25) is 0 Å². The van der Waals surface area contributed by atoms with E-state index in [-0.39, 0.29) is 26.1 Å². The fraction of sp³-hybridized carbons (Fsp3) is 0.818. The number of hydrogen-bond acceptors (Lipinski definition) is 4. The van der Waals surface area contributed by atoms with Gasteiger partial charge < -0.3 is 4.52 Å². The Morgan fingerprint density at radius 1 is 1.10 bits per heavy atom. The van der Waals surface area contributed by atoms with E-state index in [2.05, 4.69) is 13.6 Å². The molecular weight excluding hydrogens is 303 g/mol. The average Bonchev–Trinajstić information content (AvgIpc) is 2.33. The van der Waals surface area contributed by atoms with Crippen LogP contribution in [0.4, 0.5) is 17.6 Å². The summed E-state index contributed by atoms with van der Waals surface area (Å²) in [4.78, 5) is 0. The molecule has 4 nitrogen and oxygen atoms in total. The summed E-state index contributed by atoms with van der Waals surface area (Å²) in [5.41, 5.74) is 0. The maximum atomic E-state index is 13.3. The molecule has 0 spiro atoms. The molecule has 0 saturated carbocycles. The van der Waals surface area contributed by atoms with Crippen molar-refractivity contribution in [3.63, 3.8) is 0 Å². The molecule has 0 bridgehead atoms. The van der Waals surface area contributed by atoms with Gasteiger partial charge in [0.05, 0.1) is 13.2 Å². The highest BCUT2D eigenvalue weighted by molar-refractivity contribution is 7.48. The molecule has 0 aromatic heterocycles. The van der Waals surface area contributed by atoms with Crippen LogP contribution in [-0.2, 0) is 18.1 Å². The predicted octanol–water partition coefficient (Wildman–Crippen LogP) is 5.12. The highest BCUT2D eigenvalue weighted by atomic mass is 31.2. The molecule has 0 saturated heterocycles. The summed E-state index contributed by atoms with van der Waals surface area (Å²) in [7, 11) is -4.24. The number of halogens is 4. The maximum absolute atomic E-state index is 13.3. The lowest BCUT2D eigenvalue weighted by atomic mass is 10.2. The molecule has 20 heavy (non-hydrogen) atoms. The molecule has 0 amide bonds. The second-order valence-corrected chi connectivity index (χ2v) is 5.31. The van der Waals surface area contributed by atoms with Crippen molar-refractivity contribution in [1.82, 2.24) is 0 Å². The summed E-state index contributed by atoms with van der Waals surface area (Å²) in [6.45, 7) is 4.43. The Morgan fingerprint density at radius 3 is 1.95 bits per heavy atom. The van der Waals surface area contributed by atoms with E-state index in [1.165, 1.54) is 13.8 Å². The number of unbranched alkanes of at least 4 members (excludes halogenated alkanes) is 1. The second-order valence-electron chi connectivity index (χ2n) is 3.71. The standard InChI is InChI=1S/C11H19F4O4P/c1-4-7-8-9(10(12)11(13,14)15)19-20(16,17-5-2)18-6-3/h4-8H2,1-3H3/b10-9+. The Balaban J connectivity index is 5.29. The molecule has 0 aliphatic rings. The van der Waals surface area contributed by atoms with Crippen LogP contribution in [0.15, 0.2) is 11.6 Å². The van der Waals surface area contributed by atoms with Crippen LogP contribution in [0, 0.1) is 0 Å². The fourth-order valence-electron chi connectivity index (χ4n) is 1.23. The molecule has 0 atom stereocenters. The highest BCUT2D eigenvalue weighted by Crippen LogP contribution is 2.53. The Morgan fingerprint density at radius 2 is 1.60 bits per heavy atom. The third-order valence-corrected chi connectivity index (χ3v) is 3.64. The number of phosphoric acid groups is 1. The van der Waals surface area contributed by atoms with Crippen molar-refractivity contribution >= 4 is 7.82 Å². The lowest BCUT2D eigenvalue weighted by molar-refractivity contribution is -0.112. The first-order valence-electron chi connectivity index (χ1n) is 6.24. The summed E-state index contributed by atoms with van der Waals surface area (Å²) in [5.74, 6) is -3.46. The van der Waals surface area contributed by atoms with Crippen LogP contribution in [-0.4, -0.2) is 19.4 Å². The van der Waals surface area contributed by atoms with Crippen molar-refractivity contribution in [2.45, 2.75) is 46.2 Å². The van der Waals surface area contributed by atoms with Gasteiger partial charge in [-0.15, -0.1) is 0 Å². The van der Waals surface area contributed by atoms with Gasteiger partial charge in [-0.1, -0.05) is 13.3 Å². The summed E-state index contributed by atoms with van der Waals surface area (Å²) >= 11 is 0. The molecule has 0 unspecified atom stereocenters. The van der Waals surface area contributed by atoms with Crippen molar-refractivity contribution in [1.29, 1.82) is 0 Å². The van der Waals surface area contributed by atoms with E-state index >= 15 is 0 Å². The Kier molecular flexibility index (Phi) is 8.39. The lowest BCUT2D eigenvalue weighted by Gasteiger charge is -2.20. The molecule has 120 valence electrons. The van der Waals surface area contributed by atoms with Crippen LogP contribution in [0.3, 0.4) is 0 Å². The van der Waals surface area contributed by atoms with Gasteiger partial charge in [0.2, 0.25) is 5.83 Å². The normalized spacial score (nSPS) is 14.2. The first kappa shape index (κ1) is 19.4. The number of phosphoric ester groups is 1. The van der Waals surface area contributed by atoms with Gasteiger partial charge in [-0.25, -0.2) is 4.57 Å². The monoisotopic (exact) mass is 322 g/mol. The van der Waals surface area contributed by atoms with Gasteiger partial charge in [0.25, 0.3) is 0 Å². The molecule has 9 heteroatoms. The van der Waals surface area contributed by atoms with E-state index < -0.39 is 25.6 Å². The van der Waals surface area contributed by atoms with Gasteiger partial charge in [0.1, 0.15) is 5.76 Å². The predicted molar refractivity (Wildman–Crippen MR) is 65.7 cm³/mol. The van der Waals surface area contributed by atoms with Crippen molar-refractivity contribution in [2.75, 3.05) is 13.2 Å². The average molecular weight is 322 g/mol. The van der Waals surface area contributed by atoms with E-state index in [1.807, 2.05) is 0 Å². The Labute approximate surface area is 115 Å². The van der Waals surface area contributed by atoms with Gasteiger partial charge in [0.15, 0.2) is 0 Å². The van der Waals surface area contributed by atoms with Crippen LogP contribution in [0.1, 0.15) is 40.0 Å². The number of hydrogen-bond donors (Lipinski definition) is 0. The third kappa shape index (κ3) is 6.72. The smallest absolute Gasteiger partial charge is 0.405 e. The van der Waals surface area contributed by atoms with Crippen LogP contribution in [0.25, 0.3) is 0 Å². The van der Waals surface area contributed by atoms with Crippen molar-refractivity contribution in [3.8, 4) is 0 Å². The first-order chi connectivity index (χ1) is 9.20. The minimum atomic E-state index is -5.20. The molecule has 0 radical (unpaired) electrons. The summed E-state index contributed by atoms with van der Waals surface area (Å²) in [6.07, 6.45) is -4.78. The molecule has 0 N–H and O–H groups in total. The zero-order chi connectivity index (χ0) is 15.8. The molecule has 0 aromatic carbocycles. The van der Waals surface area contributed by atoms with Gasteiger partial charge in [-0.2, -0.15) is 17.6 Å². The third-order valence-electron chi connectivity index (χ3n) is 2.05. The molecule has 0 rings (SSSR count). The summed E-state index contributed by atoms with van der Waals surface area (Å²) in [6, 6.07) is 0. The minimum absolute atomic E-state index is 0.105. The quantitative estimate of drug-likeness (QED) is 0.336. The molecule has 0 heterocycles. The number of alkyl halides is 3. The molecule has 0 aliphatic carbocycles. The van der Waals surface area contributed by atoms with Crippen molar-refractivity contribution < 1.29 is 35.7 Å². The van der Waals surface area contributed by atoms with Crippen molar-refractivity contribution in [3.05, 3.63) is 11.6 Å². The van der Waals surface area contributed by atoms with Crippen LogP contribution >= 0.6 is 7.82 Å². The van der Waals surface area contributed by atoms with E-state index in [0.717, 1.165) is 0 Å². The zero-order valence-electron chi connectivity index (χ0n) is 11.6.